The maximum Gasteiger partial charge on any atom is 0.252 e. The second kappa shape index (κ2) is 4.13. The molecule has 5 nitrogen and oxygen atoms in total. The lowest BCUT2D eigenvalue weighted by molar-refractivity contribution is 0.779. The van der Waals surface area contributed by atoms with Gasteiger partial charge in [0.05, 0.1) is 5.69 Å². The standard InChI is InChI=1S/C11H11N5/c1-8(13)9-4-2-3-5-10(9)16-7-14-11(6-12)15-16/h2-5,7-8H,13H2,1H3. The van der Waals surface area contributed by atoms with E-state index in [2.05, 4.69) is 10.1 Å². The molecular weight excluding hydrogens is 202 g/mol. The summed E-state index contributed by atoms with van der Waals surface area (Å²) in [6, 6.07) is 9.45. The first-order valence-electron chi connectivity index (χ1n) is 4.89. The molecule has 0 aliphatic heterocycles. The van der Waals surface area contributed by atoms with Gasteiger partial charge in [0.1, 0.15) is 12.4 Å². The van der Waals surface area contributed by atoms with Crippen molar-refractivity contribution in [2.24, 2.45) is 5.73 Å². The van der Waals surface area contributed by atoms with Gasteiger partial charge in [-0.2, -0.15) is 5.26 Å². The number of aromatic nitrogens is 3. The van der Waals surface area contributed by atoms with Crippen LogP contribution in [0.25, 0.3) is 5.69 Å². The maximum absolute atomic E-state index is 8.66. The average molecular weight is 213 g/mol. The van der Waals surface area contributed by atoms with Crippen molar-refractivity contribution >= 4 is 0 Å². The van der Waals surface area contributed by atoms with Crippen LogP contribution in [0.2, 0.25) is 0 Å². The number of rotatable bonds is 2. The van der Waals surface area contributed by atoms with E-state index < -0.39 is 0 Å². The van der Waals surface area contributed by atoms with Crippen LogP contribution >= 0.6 is 0 Å². The molecule has 0 aliphatic carbocycles. The van der Waals surface area contributed by atoms with E-state index in [1.165, 1.54) is 6.33 Å². The molecule has 2 N–H and O–H groups in total. The maximum atomic E-state index is 8.66. The fraction of sp³-hybridized carbons (Fsp3) is 0.182. The first-order chi connectivity index (χ1) is 7.72. The Balaban J connectivity index is 2.52. The number of para-hydroxylation sites is 1. The highest BCUT2D eigenvalue weighted by molar-refractivity contribution is 5.41. The molecule has 0 saturated carbocycles. The van der Waals surface area contributed by atoms with E-state index in [0.717, 1.165) is 11.3 Å². The predicted octanol–water partition coefficient (Wildman–Crippen LogP) is 1.16. The molecule has 1 aromatic heterocycles. The average Bonchev–Trinajstić information content (AvgIpc) is 2.77. The van der Waals surface area contributed by atoms with Crippen LogP contribution in [0.1, 0.15) is 24.4 Å². The Kier molecular flexibility index (Phi) is 2.66. The minimum atomic E-state index is -0.0917. The Labute approximate surface area is 93.1 Å². The number of benzene rings is 1. The number of nitrogens with two attached hydrogens (primary N) is 1. The SMILES string of the molecule is CC(N)c1ccccc1-n1cnc(C#N)n1. The molecule has 80 valence electrons. The van der Waals surface area contributed by atoms with Crippen LogP contribution in [0.5, 0.6) is 0 Å². The van der Waals surface area contributed by atoms with Gasteiger partial charge in [-0.25, -0.2) is 9.67 Å². The summed E-state index contributed by atoms with van der Waals surface area (Å²) in [6.45, 7) is 1.90. The summed E-state index contributed by atoms with van der Waals surface area (Å²) >= 11 is 0. The van der Waals surface area contributed by atoms with Gasteiger partial charge in [-0.05, 0) is 18.6 Å². The number of hydrogen-bond acceptors (Lipinski definition) is 4. The molecule has 0 bridgehead atoms. The van der Waals surface area contributed by atoms with Crippen LogP contribution in [0.15, 0.2) is 30.6 Å². The second-order valence-electron chi connectivity index (χ2n) is 3.47. The molecule has 1 heterocycles. The van der Waals surface area contributed by atoms with E-state index in [9.17, 15) is 0 Å². The lowest BCUT2D eigenvalue weighted by Gasteiger charge is -2.11. The van der Waals surface area contributed by atoms with Crippen LogP contribution in [0.4, 0.5) is 0 Å². The third-order valence-corrected chi connectivity index (χ3v) is 2.27. The Hall–Kier alpha value is -2.19. The molecule has 2 rings (SSSR count). The third kappa shape index (κ3) is 1.78. The summed E-state index contributed by atoms with van der Waals surface area (Å²) in [7, 11) is 0. The second-order valence-corrected chi connectivity index (χ2v) is 3.47. The minimum absolute atomic E-state index is 0.0917. The van der Waals surface area contributed by atoms with Crippen molar-refractivity contribution in [2.45, 2.75) is 13.0 Å². The smallest absolute Gasteiger partial charge is 0.252 e. The summed E-state index contributed by atoms with van der Waals surface area (Å²) < 4.78 is 1.57. The monoisotopic (exact) mass is 213 g/mol. The van der Waals surface area contributed by atoms with E-state index in [4.69, 9.17) is 11.0 Å². The van der Waals surface area contributed by atoms with Crippen molar-refractivity contribution in [2.75, 3.05) is 0 Å². The predicted molar refractivity (Wildman–Crippen MR) is 58.7 cm³/mol. The van der Waals surface area contributed by atoms with Crippen molar-refractivity contribution in [3.63, 3.8) is 0 Å². The van der Waals surface area contributed by atoms with Gasteiger partial charge in [0.2, 0.25) is 0 Å². The molecule has 0 saturated heterocycles. The molecule has 1 unspecified atom stereocenters. The highest BCUT2D eigenvalue weighted by Crippen LogP contribution is 2.18. The highest BCUT2D eigenvalue weighted by atomic mass is 15.3. The van der Waals surface area contributed by atoms with E-state index in [-0.39, 0.29) is 11.9 Å². The summed E-state index contributed by atoms with van der Waals surface area (Å²) in [6.07, 6.45) is 1.51. The van der Waals surface area contributed by atoms with Crippen molar-refractivity contribution in [1.82, 2.24) is 14.8 Å². The van der Waals surface area contributed by atoms with Crippen LogP contribution in [-0.2, 0) is 0 Å². The van der Waals surface area contributed by atoms with Crippen molar-refractivity contribution in [3.8, 4) is 11.8 Å². The minimum Gasteiger partial charge on any atom is -0.324 e. The third-order valence-electron chi connectivity index (χ3n) is 2.27. The Morgan fingerprint density at radius 2 is 2.19 bits per heavy atom. The van der Waals surface area contributed by atoms with Crippen LogP contribution in [0, 0.1) is 11.3 Å². The van der Waals surface area contributed by atoms with Gasteiger partial charge >= 0.3 is 0 Å². The van der Waals surface area contributed by atoms with E-state index in [1.807, 2.05) is 37.3 Å². The lowest BCUT2D eigenvalue weighted by Crippen LogP contribution is -2.10. The molecule has 0 radical (unpaired) electrons. The number of nitriles is 1. The first-order valence-corrected chi connectivity index (χ1v) is 4.89. The Morgan fingerprint density at radius 3 is 2.81 bits per heavy atom. The molecular formula is C11H11N5. The molecule has 5 heteroatoms. The Morgan fingerprint density at radius 1 is 1.44 bits per heavy atom. The van der Waals surface area contributed by atoms with Crippen LogP contribution in [0.3, 0.4) is 0 Å². The summed E-state index contributed by atoms with van der Waals surface area (Å²) in [4.78, 5) is 3.86. The van der Waals surface area contributed by atoms with Crippen molar-refractivity contribution in [1.29, 1.82) is 5.26 Å². The van der Waals surface area contributed by atoms with Crippen LogP contribution < -0.4 is 5.73 Å². The number of nitrogens with zero attached hydrogens (tertiary/aromatic N) is 4. The Bertz CT molecular complexity index is 535. The molecule has 0 fully saturated rings. The fourth-order valence-corrected chi connectivity index (χ4v) is 1.51. The van der Waals surface area contributed by atoms with Gasteiger partial charge in [-0.1, -0.05) is 18.2 Å². The molecule has 2 aromatic rings. The van der Waals surface area contributed by atoms with Gasteiger partial charge in [0, 0.05) is 6.04 Å². The van der Waals surface area contributed by atoms with Crippen LogP contribution in [-0.4, -0.2) is 14.8 Å². The van der Waals surface area contributed by atoms with Gasteiger partial charge in [-0.15, -0.1) is 5.10 Å². The zero-order valence-corrected chi connectivity index (χ0v) is 8.83. The lowest BCUT2D eigenvalue weighted by atomic mass is 10.1. The van der Waals surface area contributed by atoms with Crippen molar-refractivity contribution in [3.05, 3.63) is 42.0 Å². The highest BCUT2D eigenvalue weighted by Gasteiger charge is 2.09. The molecule has 0 spiro atoms. The van der Waals surface area contributed by atoms with Crippen molar-refractivity contribution < 1.29 is 0 Å². The van der Waals surface area contributed by atoms with E-state index in [1.54, 1.807) is 4.68 Å². The largest absolute Gasteiger partial charge is 0.324 e. The zero-order valence-electron chi connectivity index (χ0n) is 8.83. The summed E-state index contributed by atoms with van der Waals surface area (Å²) in [5.41, 5.74) is 7.69. The normalized spacial score (nSPS) is 12.1. The quantitative estimate of drug-likeness (QED) is 0.811. The first kappa shape index (κ1) is 10.3. The van der Waals surface area contributed by atoms with Gasteiger partial charge < -0.3 is 5.73 Å². The van der Waals surface area contributed by atoms with E-state index in [0.29, 0.717) is 0 Å². The molecule has 1 aromatic carbocycles. The molecule has 16 heavy (non-hydrogen) atoms. The van der Waals surface area contributed by atoms with Gasteiger partial charge in [-0.3, -0.25) is 0 Å². The summed E-state index contributed by atoms with van der Waals surface area (Å²) in [5, 5.41) is 12.7. The molecule has 0 amide bonds. The van der Waals surface area contributed by atoms with E-state index >= 15 is 0 Å². The topological polar surface area (TPSA) is 80.5 Å². The fourth-order valence-electron chi connectivity index (χ4n) is 1.51. The zero-order chi connectivity index (χ0) is 11.5. The molecule has 0 aliphatic rings. The number of hydrogen-bond donors (Lipinski definition) is 1. The summed E-state index contributed by atoms with van der Waals surface area (Å²) in [5.74, 6) is 0.152. The van der Waals surface area contributed by atoms with Gasteiger partial charge in [0.15, 0.2) is 0 Å². The van der Waals surface area contributed by atoms with Gasteiger partial charge in [0.25, 0.3) is 5.82 Å². The molecule has 1 atom stereocenters.